The van der Waals surface area contributed by atoms with Gasteiger partial charge in [0.15, 0.2) is 5.11 Å². The average molecular weight is 523 g/mol. The van der Waals surface area contributed by atoms with Gasteiger partial charge in [-0.2, -0.15) is 5.10 Å². The molecular formula is C24H26Cl3N5S. The number of nitrogens with zero attached hydrogens (tertiary/aromatic N) is 4. The fraction of sp³-hybridized carbons (Fsp3) is 0.333. The van der Waals surface area contributed by atoms with E-state index in [9.17, 15) is 0 Å². The fourth-order valence-electron chi connectivity index (χ4n) is 4.03. The van der Waals surface area contributed by atoms with Gasteiger partial charge < -0.3 is 10.2 Å². The molecule has 1 aliphatic heterocycles. The zero-order chi connectivity index (χ0) is 23.5. The highest BCUT2D eigenvalue weighted by molar-refractivity contribution is 7.80. The van der Waals surface area contributed by atoms with E-state index in [0.29, 0.717) is 16.6 Å². The Hall–Kier alpha value is -1.83. The topological polar surface area (TPSA) is 36.3 Å². The molecule has 1 saturated heterocycles. The molecule has 2 heterocycles. The molecular weight excluding hydrogens is 497 g/mol. The number of hydrogen-bond donors (Lipinski definition) is 1. The van der Waals surface area contributed by atoms with Crippen LogP contribution in [0, 0.1) is 13.8 Å². The van der Waals surface area contributed by atoms with Gasteiger partial charge in [-0.05, 0) is 61.5 Å². The summed E-state index contributed by atoms with van der Waals surface area (Å²) in [5, 5.41) is 10.9. The lowest BCUT2D eigenvalue weighted by Gasteiger charge is -2.36. The molecule has 9 heteroatoms. The van der Waals surface area contributed by atoms with Crippen LogP contribution in [0.1, 0.15) is 22.5 Å². The van der Waals surface area contributed by atoms with Gasteiger partial charge in [-0.25, -0.2) is 0 Å². The average Bonchev–Trinajstić information content (AvgIpc) is 3.03. The Balaban J connectivity index is 1.36. The summed E-state index contributed by atoms with van der Waals surface area (Å²) in [5.41, 5.74) is 5.07. The van der Waals surface area contributed by atoms with Crippen LogP contribution in [0.2, 0.25) is 15.1 Å². The zero-order valence-corrected chi connectivity index (χ0v) is 21.7. The Bertz CT molecular complexity index is 1150. The van der Waals surface area contributed by atoms with Crippen LogP contribution in [0.5, 0.6) is 0 Å². The fourth-order valence-corrected chi connectivity index (χ4v) is 5.00. The van der Waals surface area contributed by atoms with Gasteiger partial charge in [-0.1, -0.05) is 53.0 Å². The maximum atomic E-state index is 6.36. The molecule has 1 aliphatic rings. The summed E-state index contributed by atoms with van der Waals surface area (Å²) in [5.74, 6) is 0. The molecule has 3 aromatic rings. The van der Waals surface area contributed by atoms with Crippen LogP contribution in [0.15, 0.2) is 42.5 Å². The van der Waals surface area contributed by atoms with Gasteiger partial charge in [0.05, 0.1) is 23.6 Å². The third-order valence-corrected chi connectivity index (χ3v) is 7.09. The van der Waals surface area contributed by atoms with E-state index in [1.165, 1.54) is 5.56 Å². The molecule has 0 bridgehead atoms. The Morgan fingerprint density at radius 3 is 2.39 bits per heavy atom. The predicted octanol–water partition coefficient (Wildman–Crippen LogP) is 6.02. The first-order valence-corrected chi connectivity index (χ1v) is 12.3. The monoisotopic (exact) mass is 521 g/mol. The second-order valence-electron chi connectivity index (χ2n) is 8.26. The Morgan fingerprint density at radius 2 is 1.70 bits per heavy atom. The van der Waals surface area contributed by atoms with Crippen molar-refractivity contribution in [2.45, 2.75) is 26.9 Å². The number of anilines is 1. The minimum atomic E-state index is 0.569. The second-order valence-corrected chi connectivity index (χ2v) is 9.93. The molecule has 2 aromatic carbocycles. The smallest absolute Gasteiger partial charge is 0.173 e. The van der Waals surface area contributed by atoms with Crippen LogP contribution < -0.4 is 5.32 Å². The van der Waals surface area contributed by atoms with Crippen molar-refractivity contribution in [3.05, 3.63) is 80.0 Å². The van der Waals surface area contributed by atoms with Crippen LogP contribution >= 0.6 is 47.0 Å². The van der Waals surface area contributed by atoms with Crippen LogP contribution in [-0.2, 0) is 13.1 Å². The highest BCUT2D eigenvalue weighted by Gasteiger charge is 2.21. The van der Waals surface area contributed by atoms with E-state index >= 15 is 0 Å². The standard InChI is InChI=1S/C24H26Cl3N5S/c1-16-23(17(2)32(29-16)15-19-6-7-21(26)13-22(19)27)28-24(33)31-10-8-30(9-11-31)14-18-4-3-5-20(25)12-18/h3-7,12-13H,8-11,14-15H2,1-2H3,(H,28,33). The van der Waals surface area contributed by atoms with Crippen LogP contribution in [0.3, 0.4) is 0 Å². The summed E-state index contributed by atoms with van der Waals surface area (Å²) in [7, 11) is 0. The minimum absolute atomic E-state index is 0.569. The molecule has 1 aromatic heterocycles. The molecule has 33 heavy (non-hydrogen) atoms. The van der Waals surface area contributed by atoms with E-state index in [-0.39, 0.29) is 0 Å². The maximum Gasteiger partial charge on any atom is 0.173 e. The van der Waals surface area contributed by atoms with Crippen LogP contribution in [0.4, 0.5) is 5.69 Å². The summed E-state index contributed by atoms with van der Waals surface area (Å²) in [6, 6.07) is 13.6. The van der Waals surface area contributed by atoms with Gasteiger partial charge in [-0.3, -0.25) is 9.58 Å². The van der Waals surface area contributed by atoms with Crippen LogP contribution in [0.25, 0.3) is 0 Å². The minimum Gasteiger partial charge on any atom is -0.346 e. The summed E-state index contributed by atoms with van der Waals surface area (Å²) in [6.45, 7) is 9.13. The Labute approximate surface area is 215 Å². The number of piperazine rings is 1. The first-order chi connectivity index (χ1) is 15.8. The summed E-state index contributed by atoms with van der Waals surface area (Å²) >= 11 is 24.2. The van der Waals surface area contributed by atoms with E-state index in [2.05, 4.69) is 21.2 Å². The molecule has 0 amide bonds. The number of hydrogen-bond acceptors (Lipinski definition) is 3. The lowest BCUT2D eigenvalue weighted by atomic mass is 10.2. The summed E-state index contributed by atoms with van der Waals surface area (Å²) in [6.07, 6.45) is 0. The van der Waals surface area contributed by atoms with Crippen molar-refractivity contribution in [1.82, 2.24) is 19.6 Å². The van der Waals surface area contributed by atoms with Crippen LogP contribution in [-0.4, -0.2) is 50.9 Å². The summed E-state index contributed by atoms with van der Waals surface area (Å²) in [4.78, 5) is 4.64. The van der Waals surface area contributed by atoms with Gasteiger partial charge in [-0.15, -0.1) is 0 Å². The maximum absolute atomic E-state index is 6.36. The first-order valence-electron chi connectivity index (χ1n) is 10.8. The number of halogens is 3. The third-order valence-electron chi connectivity index (χ3n) is 5.90. The zero-order valence-electron chi connectivity index (χ0n) is 18.6. The first kappa shape index (κ1) is 24.3. The number of aryl methyl sites for hydroxylation is 1. The van der Waals surface area contributed by atoms with Crippen molar-refractivity contribution in [2.75, 3.05) is 31.5 Å². The molecule has 174 valence electrons. The van der Waals surface area contributed by atoms with Crippen molar-refractivity contribution < 1.29 is 0 Å². The molecule has 0 radical (unpaired) electrons. The van der Waals surface area contributed by atoms with Crippen molar-refractivity contribution >= 4 is 57.8 Å². The van der Waals surface area contributed by atoms with Gasteiger partial charge >= 0.3 is 0 Å². The van der Waals surface area contributed by atoms with Gasteiger partial charge in [0.1, 0.15) is 0 Å². The highest BCUT2D eigenvalue weighted by Crippen LogP contribution is 2.25. The summed E-state index contributed by atoms with van der Waals surface area (Å²) < 4.78 is 1.94. The number of rotatable bonds is 5. The number of thiocarbonyl (C=S) groups is 1. The van der Waals surface area contributed by atoms with E-state index in [0.717, 1.165) is 65.5 Å². The molecule has 0 unspecified atom stereocenters. The molecule has 4 rings (SSSR count). The lowest BCUT2D eigenvalue weighted by molar-refractivity contribution is 0.177. The SMILES string of the molecule is Cc1nn(Cc2ccc(Cl)cc2Cl)c(C)c1NC(=S)N1CCN(Cc2cccc(Cl)c2)CC1. The molecule has 1 N–H and O–H groups in total. The van der Waals surface area contributed by atoms with Crippen molar-refractivity contribution in [1.29, 1.82) is 0 Å². The Morgan fingerprint density at radius 1 is 0.970 bits per heavy atom. The van der Waals surface area contributed by atoms with E-state index in [1.807, 2.05) is 48.9 Å². The second kappa shape index (κ2) is 10.6. The number of nitrogens with one attached hydrogen (secondary N) is 1. The molecule has 0 atom stereocenters. The predicted molar refractivity (Wildman–Crippen MR) is 142 cm³/mol. The molecule has 5 nitrogen and oxygen atoms in total. The van der Waals surface area contributed by atoms with Gasteiger partial charge in [0, 0.05) is 47.8 Å². The quantitative estimate of drug-likeness (QED) is 0.415. The van der Waals surface area contributed by atoms with E-state index < -0.39 is 0 Å². The molecule has 1 fully saturated rings. The largest absolute Gasteiger partial charge is 0.346 e. The number of benzene rings is 2. The molecule has 0 aliphatic carbocycles. The normalized spacial score (nSPS) is 14.5. The number of aromatic nitrogens is 2. The van der Waals surface area contributed by atoms with E-state index in [4.69, 9.17) is 52.1 Å². The molecule has 0 spiro atoms. The highest BCUT2D eigenvalue weighted by atomic mass is 35.5. The van der Waals surface area contributed by atoms with Gasteiger partial charge in [0.25, 0.3) is 0 Å². The lowest BCUT2D eigenvalue weighted by Crippen LogP contribution is -2.49. The third kappa shape index (κ3) is 6.00. The molecule has 0 saturated carbocycles. The van der Waals surface area contributed by atoms with Crippen molar-refractivity contribution in [2.24, 2.45) is 0 Å². The van der Waals surface area contributed by atoms with E-state index in [1.54, 1.807) is 6.07 Å². The van der Waals surface area contributed by atoms with Crippen molar-refractivity contribution in [3.63, 3.8) is 0 Å². The van der Waals surface area contributed by atoms with Crippen molar-refractivity contribution in [3.8, 4) is 0 Å². The Kier molecular flexibility index (Phi) is 7.82. The van der Waals surface area contributed by atoms with Gasteiger partial charge in [0.2, 0.25) is 0 Å².